The number of nitrogens with two attached hydrogens (primary N) is 1. The third-order valence-electron chi connectivity index (χ3n) is 5.36. The molecule has 0 radical (unpaired) electrons. The number of rotatable bonds is 7. The van der Waals surface area contributed by atoms with E-state index >= 15 is 0 Å². The number of benzene rings is 1. The number of piperidine rings is 1. The first-order valence-corrected chi connectivity index (χ1v) is 10.4. The molecule has 2 aliphatic heterocycles. The summed E-state index contributed by atoms with van der Waals surface area (Å²) in [6.07, 6.45) is 3.01. The molecular weight excluding hydrogens is 497 g/mol. The lowest BCUT2D eigenvalue weighted by atomic mass is 10.1. The number of hydrogen-bond acceptors (Lipinski definition) is 5. The highest BCUT2D eigenvalue weighted by Crippen LogP contribution is 2.35. The van der Waals surface area contributed by atoms with Crippen molar-refractivity contribution in [3.8, 4) is 11.5 Å². The Labute approximate surface area is 196 Å². The molecule has 8 nitrogen and oxygen atoms in total. The van der Waals surface area contributed by atoms with Crippen LogP contribution in [0.5, 0.6) is 11.5 Å². The molecule has 4 N–H and O–H groups in total. The zero-order valence-corrected chi connectivity index (χ0v) is 20.4. The van der Waals surface area contributed by atoms with Gasteiger partial charge in [-0.3, -0.25) is 9.69 Å². The zero-order chi connectivity index (χ0) is 20.8. The van der Waals surface area contributed by atoms with E-state index in [0.717, 1.165) is 61.9 Å². The number of fused-ring (bicyclic) bond motifs is 1. The van der Waals surface area contributed by atoms with Gasteiger partial charge in [-0.15, -0.1) is 24.0 Å². The van der Waals surface area contributed by atoms with Gasteiger partial charge in [-0.05, 0) is 38.8 Å². The van der Waals surface area contributed by atoms with Gasteiger partial charge < -0.3 is 25.8 Å². The summed E-state index contributed by atoms with van der Waals surface area (Å²) in [5.74, 6) is 2.30. The molecule has 9 heteroatoms. The average Bonchev–Trinajstić information content (AvgIpc) is 3.05. The molecular formula is C21H34IN5O3. The number of ether oxygens (including phenoxy) is 2. The second kappa shape index (κ2) is 11.6. The van der Waals surface area contributed by atoms with E-state index < -0.39 is 0 Å². The van der Waals surface area contributed by atoms with Gasteiger partial charge in [0.1, 0.15) is 17.6 Å². The Kier molecular flexibility index (Phi) is 9.47. The highest BCUT2D eigenvalue weighted by molar-refractivity contribution is 14.0. The van der Waals surface area contributed by atoms with Crippen LogP contribution in [0.1, 0.15) is 37.8 Å². The molecule has 3 rings (SSSR count). The van der Waals surface area contributed by atoms with Crippen LogP contribution < -0.4 is 25.8 Å². The summed E-state index contributed by atoms with van der Waals surface area (Å²) >= 11 is 0. The van der Waals surface area contributed by atoms with Gasteiger partial charge in [0, 0.05) is 43.2 Å². The first-order valence-electron chi connectivity index (χ1n) is 10.4. The molecule has 168 valence electrons. The van der Waals surface area contributed by atoms with Crippen molar-refractivity contribution < 1.29 is 14.3 Å². The fourth-order valence-corrected chi connectivity index (χ4v) is 3.93. The molecule has 0 saturated carbocycles. The molecule has 1 amide bonds. The Balaban J connectivity index is 0.00000320. The number of methoxy groups -OCH3 is 1. The van der Waals surface area contributed by atoms with E-state index in [1.54, 1.807) is 7.11 Å². The number of guanidine groups is 1. The maximum atomic E-state index is 11.1. The standard InChI is InChI=1S/C21H33N5O3.HI/c1-4-23-21(25-17-5-7-26(8-6-17)13-20(22)27)24-12-16-11-19-15(9-14(2)29-19)10-18(16)28-3;/h10-11,14,17H,4-9,12-13H2,1-3H3,(H2,22,27)(H2,23,24,25);1H. The molecule has 1 aromatic rings. The molecule has 0 aliphatic carbocycles. The van der Waals surface area contributed by atoms with Gasteiger partial charge in [0.2, 0.25) is 5.91 Å². The normalized spacial score (nSPS) is 19.4. The Hall–Kier alpha value is -1.75. The number of halogens is 1. The predicted octanol–water partition coefficient (Wildman–Crippen LogP) is 1.64. The van der Waals surface area contributed by atoms with E-state index in [2.05, 4.69) is 35.4 Å². The second-order valence-corrected chi connectivity index (χ2v) is 7.76. The van der Waals surface area contributed by atoms with Gasteiger partial charge in [-0.1, -0.05) is 0 Å². The summed E-state index contributed by atoms with van der Waals surface area (Å²) in [5.41, 5.74) is 7.49. The molecule has 30 heavy (non-hydrogen) atoms. The molecule has 1 fully saturated rings. The molecule has 1 atom stereocenters. The van der Waals surface area contributed by atoms with Crippen LogP contribution in [0.3, 0.4) is 0 Å². The summed E-state index contributed by atoms with van der Waals surface area (Å²) in [7, 11) is 1.69. The van der Waals surface area contributed by atoms with Crippen molar-refractivity contribution in [1.29, 1.82) is 0 Å². The number of amides is 1. The van der Waals surface area contributed by atoms with Gasteiger partial charge in [-0.25, -0.2) is 4.99 Å². The van der Waals surface area contributed by atoms with Crippen molar-refractivity contribution >= 4 is 35.8 Å². The Morgan fingerprint density at radius 1 is 1.37 bits per heavy atom. The molecule has 0 spiro atoms. The van der Waals surface area contributed by atoms with Crippen molar-refractivity contribution in [2.45, 2.75) is 51.8 Å². The molecule has 1 unspecified atom stereocenters. The first-order chi connectivity index (χ1) is 14.0. The quantitative estimate of drug-likeness (QED) is 0.281. The summed E-state index contributed by atoms with van der Waals surface area (Å²) in [6, 6.07) is 4.44. The summed E-state index contributed by atoms with van der Waals surface area (Å²) in [6.45, 7) is 7.46. The fraction of sp³-hybridized carbons (Fsp3) is 0.619. The van der Waals surface area contributed by atoms with Crippen molar-refractivity contribution in [1.82, 2.24) is 15.5 Å². The van der Waals surface area contributed by atoms with Crippen LogP contribution in [0.15, 0.2) is 17.1 Å². The Bertz CT molecular complexity index is 750. The van der Waals surface area contributed by atoms with E-state index in [-0.39, 0.29) is 36.0 Å². The van der Waals surface area contributed by atoms with Crippen LogP contribution in [0.4, 0.5) is 0 Å². The van der Waals surface area contributed by atoms with Crippen LogP contribution in [-0.2, 0) is 17.8 Å². The largest absolute Gasteiger partial charge is 0.496 e. The van der Waals surface area contributed by atoms with E-state index in [9.17, 15) is 4.79 Å². The number of aliphatic imine (C=N–C) groups is 1. The van der Waals surface area contributed by atoms with Gasteiger partial charge in [0.15, 0.2) is 5.96 Å². The van der Waals surface area contributed by atoms with E-state index in [1.165, 1.54) is 5.56 Å². The predicted molar refractivity (Wildman–Crippen MR) is 129 cm³/mol. The molecule has 2 heterocycles. The third-order valence-corrected chi connectivity index (χ3v) is 5.36. The van der Waals surface area contributed by atoms with Gasteiger partial charge in [0.05, 0.1) is 20.2 Å². The lowest BCUT2D eigenvalue weighted by Crippen LogP contribution is -2.49. The minimum Gasteiger partial charge on any atom is -0.496 e. The van der Waals surface area contributed by atoms with E-state index in [4.69, 9.17) is 20.2 Å². The number of likely N-dealkylation sites (tertiary alicyclic amines) is 1. The van der Waals surface area contributed by atoms with Gasteiger partial charge in [0.25, 0.3) is 0 Å². The van der Waals surface area contributed by atoms with Crippen LogP contribution >= 0.6 is 24.0 Å². The highest BCUT2D eigenvalue weighted by atomic mass is 127. The topological polar surface area (TPSA) is 101 Å². The lowest BCUT2D eigenvalue weighted by molar-refractivity contribution is -0.119. The van der Waals surface area contributed by atoms with Crippen molar-refractivity contribution in [2.75, 3.05) is 33.3 Å². The Morgan fingerprint density at radius 3 is 2.73 bits per heavy atom. The monoisotopic (exact) mass is 531 g/mol. The third kappa shape index (κ3) is 6.63. The van der Waals surface area contributed by atoms with Crippen molar-refractivity contribution in [3.05, 3.63) is 23.3 Å². The second-order valence-electron chi connectivity index (χ2n) is 7.76. The average molecular weight is 531 g/mol. The SMILES string of the molecule is CCNC(=NCc1cc2c(cc1OC)CC(C)O2)NC1CCN(CC(N)=O)CC1.I. The fourth-order valence-electron chi connectivity index (χ4n) is 3.93. The van der Waals surface area contributed by atoms with Gasteiger partial charge >= 0.3 is 0 Å². The molecule has 1 saturated heterocycles. The first kappa shape index (κ1) is 24.5. The van der Waals surface area contributed by atoms with Crippen LogP contribution in [-0.4, -0.2) is 62.2 Å². The summed E-state index contributed by atoms with van der Waals surface area (Å²) < 4.78 is 11.5. The number of hydrogen-bond donors (Lipinski definition) is 3. The van der Waals surface area contributed by atoms with Gasteiger partial charge in [-0.2, -0.15) is 0 Å². The highest BCUT2D eigenvalue weighted by Gasteiger charge is 2.23. The molecule has 1 aromatic carbocycles. The number of nitrogens with zero attached hydrogens (tertiary/aromatic N) is 2. The molecule has 0 aromatic heterocycles. The Morgan fingerprint density at radius 2 is 2.10 bits per heavy atom. The number of primary amides is 1. The maximum Gasteiger partial charge on any atom is 0.231 e. The van der Waals surface area contributed by atoms with Crippen molar-refractivity contribution in [3.63, 3.8) is 0 Å². The van der Waals surface area contributed by atoms with Crippen LogP contribution in [0.25, 0.3) is 0 Å². The van der Waals surface area contributed by atoms with E-state index in [0.29, 0.717) is 19.1 Å². The molecule has 2 aliphatic rings. The number of carbonyl (C=O) groups is 1. The number of nitrogens with one attached hydrogen (secondary N) is 2. The smallest absolute Gasteiger partial charge is 0.231 e. The minimum atomic E-state index is -0.270. The van der Waals surface area contributed by atoms with Crippen molar-refractivity contribution in [2.24, 2.45) is 10.7 Å². The van der Waals surface area contributed by atoms with Crippen LogP contribution in [0, 0.1) is 0 Å². The van der Waals surface area contributed by atoms with E-state index in [1.807, 2.05) is 6.07 Å². The minimum absolute atomic E-state index is 0. The number of carbonyl (C=O) groups excluding carboxylic acids is 1. The molecule has 0 bridgehead atoms. The van der Waals surface area contributed by atoms with Crippen LogP contribution in [0.2, 0.25) is 0 Å². The maximum absolute atomic E-state index is 11.1. The zero-order valence-electron chi connectivity index (χ0n) is 18.1. The summed E-state index contributed by atoms with van der Waals surface area (Å²) in [4.78, 5) is 18.0. The lowest BCUT2D eigenvalue weighted by Gasteiger charge is -2.32. The summed E-state index contributed by atoms with van der Waals surface area (Å²) in [5, 5.41) is 6.84.